The molecule has 7 nitrogen and oxygen atoms in total. The van der Waals surface area contributed by atoms with Crippen LogP contribution in [-0.2, 0) is 19.7 Å². The third kappa shape index (κ3) is 3.26. The van der Waals surface area contributed by atoms with Gasteiger partial charge in [0, 0.05) is 0 Å². The van der Waals surface area contributed by atoms with Gasteiger partial charge in [0.25, 0.3) is 10.1 Å². The van der Waals surface area contributed by atoms with E-state index in [2.05, 4.69) is 6.58 Å². The molecule has 0 amide bonds. The molecule has 0 aromatic heterocycles. The molecule has 1 saturated carbocycles. The molecule has 0 aliphatic heterocycles. The fourth-order valence-electron chi connectivity index (χ4n) is 3.19. The molecule has 0 bridgehead atoms. The van der Waals surface area contributed by atoms with Crippen LogP contribution >= 0.6 is 0 Å². The number of aliphatic carboxylic acids is 2. The first-order valence-corrected chi connectivity index (χ1v) is 8.16. The Kier molecular flexibility index (Phi) is 5.52. The number of allylic oxidation sites excluding steroid dienone is 1. The van der Waals surface area contributed by atoms with Crippen LogP contribution in [-0.4, -0.2) is 39.9 Å². The fraction of sp³-hybridized carbons (Fsp3) is 0.692. The SMILES string of the molecule is C=CCC(C(=O)O)(C(C(=O)O)C1CCCCC1)S(=O)(=O)O. The Morgan fingerprint density at radius 2 is 1.76 bits per heavy atom. The van der Waals surface area contributed by atoms with Gasteiger partial charge in [0.05, 0.1) is 5.92 Å². The Morgan fingerprint density at radius 3 is 2.10 bits per heavy atom. The monoisotopic (exact) mass is 320 g/mol. The topological polar surface area (TPSA) is 129 Å². The average molecular weight is 320 g/mol. The second kappa shape index (κ2) is 6.57. The molecule has 1 rings (SSSR count). The average Bonchev–Trinajstić information content (AvgIpc) is 2.37. The molecular formula is C13H20O7S. The van der Waals surface area contributed by atoms with Crippen molar-refractivity contribution in [2.75, 3.05) is 0 Å². The van der Waals surface area contributed by atoms with Crippen molar-refractivity contribution in [1.29, 1.82) is 0 Å². The number of carboxylic acids is 2. The highest BCUT2D eigenvalue weighted by Crippen LogP contribution is 2.42. The minimum absolute atomic E-state index is 0.429. The minimum atomic E-state index is -5.13. The zero-order chi connectivity index (χ0) is 16.3. The molecule has 1 aliphatic carbocycles. The summed E-state index contributed by atoms with van der Waals surface area (Å²) in [4.78, 5) is 23.2. The number of carboxylic acid groups (broad SMARTS) is 2. The van der Waals surface area contributed by atoms with Crippen LogP contribution in [0.25, 0.3) is 0 Å². The predicted octanol–water partition coefficient (Wildman–Crippen LogP) is 1.55. The standard InChI is InChI=1S/C13H20O7S/c1-2-8-13(12(16)17,21(18,19)20)10(11(14)15)9-6-4-3-5-7-9/h2,9-10H,1,3-8H2,(H,14,15)(H,16,17)(H,18,19,20). The van der Waals surface area contributed by atoms with E-state index in [0.29, 0.717) is 25.7 Å². The molecule has 0 spiro atoms. The van der Waals surface area contributed by atoms with Gasteiger partial charge in [0.1, 0.15) is 0 Å². The zero-order valence-corrected chi connectivity index (χ0v) is 12.4. The molecule has 2 atom stereocenters. The number of carbonyl (C=O) groups is 2. The van der Waals surface area contributed by atoms with E-state index in [1.807, 2.05) is 0 Å². The summed E-state index contributed by atoms with van der Waals surface area (Å²) in [7, 11) is -5.13. The van der Waals surface area contributed by atoms with Crippen molar-refractivity contribution < 1.29 is 32.8 Å². The summed E-state index contributed by atoms with van der Waals surface area (Å²) in [5, 5.41) is 18.8. The fourth-order valence-corrected chi connectivity index (χ4v) is 4.35. The van der Waals surface area contributed by atoms with Gasteiger partial charge in [-0.25, -0.2) is 0 Å². The van der Waals surface area contributed by atoms with Crippen molar-refractivity contribution >= 4 is 22.1 Å². The molecular weight excluding hydrogens is 300 g/mol. The lowest BCUT2D eigenvalue weighted by Crippen LogP contribution is -2.57. The summed E-state index contributed by atoms with van der Waals surface area (Å²) in [6.45, 7) is 3.30. The van der Waals surface area contributed by atoms with Crippen molar-refractivity contribution in [2.24, 2.45) is 11.8 Å². The van der Waals surface area contributed by atoms with Gasteiger partial charge in [-0.15, -0.1) is 6.58 Å². The molecule has 1 aliphatic rings. The van der Waals surface area contributed by atoms with E-state index >= 15 is 0 Å². The van der Waals surface area contributed by atoms with Gasteiger partial charge in [-0.3, -0.25) is 14.1 Å². The summed E-state index contributed by atoms with van der Waals surface area (Å²) >= 11 is 0. The maximum absolute atomic E-state index is 11.7. The van der Waals surface area contributed by atoms with E-state index in [-0.39, 0.29) is 0 Å². The van der Waals surface area contributed by atoms with Gasteiger partial charge in [0.2, 0.25) is 4.75 Å². The van der Waals surface area contributed by atoms with E-state index in [1.54, 1.807) is 0 Å². The zero-order valence-electron chi connectivity index (χ0n) is 11.6. The van der Waals surface area contributed by atoms with Gasteiger partial charge in [0.15, 0.2) is 0 Å². The lowest BCUT2D eigenvalue weighted by atomic mass is 9.72. The van der Waals surface area contributed by atoms with Crippen LogP contribution in [0.4, 0.5) is 0 Å². The second-order valence-corrected chi connectivity index (χ2v) is 7.06. The molecule has 0 saturated heterocycles. The molecule has 0 aromatic carbocycles. The van der Waals surface area contributed by atoms with Crippen molar-refractivity contribution in [2.45, 2.75) is 43.3 Å². The van der Waals surface area contributed by atoms with Gasteiger partial charge in [-0.05, 0) is 25.2 Å². The Morgan fingerprint density at radius 1 is 1.24 bits per heavy atom. The molecule has 2 unspecified atom stereocenters. The first kappa shape index (κ1) is 17.6. The quantitative estimate of drug-likeness (QED) is 0.479. The van der Waals surface area contributed by atoms with Crippen molar-refractivity contribution in [3.8, 4) is 0 Å². The molecule has 120 valence electrons. The van der Waals surface area contributed by atoms with E-state index in [0.717, 1.165) is 12.5 Å². The van der Waals surface area contributed by atoms with Gasteiger partial charge in [-0.2, -0.15) is 8.42 Å². The predicted molar refractivity (Wildman–Crippen MR) is 74.4 cm³/mol. The van der Waals surface area contributed by atoms with Crippen LogP contribution in [0.5, 0.6) is 0 Å². The summed E-state index contributed by atoms with van der Waals surface area (Å²) in [5.74, 6) is -5.69. The van der Waals surface area contributed by atoms with Crippen LogP contribution in [0.2, 0.25) is 0 Å². The summed E-state index contributed by atoms with van der Waals surface area (Å²) < 4.78 is 30.1. The second-order valence-electron chi connectivity index (χ2n) is 5.38. The number of rotatable bonds is 7. The van der Waals surface area contributed by atoms with E-state index < -0.39 is 45.1 Å². The third-order valence-corrected chi connectivity index (χ3v) is 5.68. The van der Waals surface area contributed by atoms with Gasteiger partial charge >= 0.3 is 11.9 Å². The smallest absolute Gasteiger partial charge is 0.328 e. The summed E-state index contributed by atoms with van der Waals surface area (Å²) in [5.41, 5.74) is 0. The molecule has 1 fully saturated rings. The number of hydrogen-bond acceptors (Lipinski definition) is 4. The first-order chi connectivity index (χ1) is 9.68. The Hall–Kier alpha value is -1.41. The summed E-state index contributed by atoms with van der Waals surface area (Å²) in [6.07, 6.45) is 3.54. The van der Waals surface area contributed by atoms with Gasteiger partial charge < -0.3 is 10.2 Å². The molecule has 0 heterocycles. The third-order valence-electron chi connectivity index (χ3n) is 4.16. The lowest BCUT2D eigenvalue weighted by molar-refractivity contribution is -0.154. The maximum Gasteiger partial charge on any atom is 0.328 e. The first-order valence-electron chi connectivity index (χ1n) is 6.72. The Bertz CT molecular complexity index is 519. The van der Waals surface area contributed by atoms with Crippen LogP contribution in [0.1, 0.15) is 38.5 Å². The molecule has 0 radical (unpaired) electrons. The Labute approximate surface area is 123 Å². The normalized spacial score (nSPS) is 21.2. The van der Waals surface area contributed by atoms with Crippen molar-refractivity contribution in [3.63, 3.8) is 0 Å². The van der Waals surface area contributed by atoms with E-state index in [9.17, 15) is 32.8 Å². The van der Waals surface area contributed by atoms with Crippen molar-refractivity contribution in [1.82, 2.24) is 0 Å². The molecule has 21 heavy (non-hydrogen) atoms. The van der Waals surface area contributed by atoms with Crippen LogP contribution in [0, 0.1) is 11.8 Å². The molecule has 3 N–H and O–H groups in total. The summed E-state index contributed by atoms with van der Waals surface area (Å²) in [6, 6.07) is 0. The van der Waals surface area contributed by atoms with E-state index in [4.69, 9.17) is 0 Å². The van der Waals surface area contributed by atoms with Crippen LogP contribution in [0.15, 0.2) is 12.7 Å². The van der Waals surface area contributed by atoms with Crippen molar-refractivity contribution in [3.05, 3.63) is 12.7 Å². The largest absolute Gasteiger partial charge is 0.481 e. The highest BCUT2D eigenvalue weighted by Gasteiger charge is 2.60. The molecule has 8 heteroatoms. The van der Waals surface area contributed by atoms with Gasteiger partial charge in [-0.1, -0.05) is 25.3 Å². The molecule has 0 aromatic rings. The highest BCUT2D eigenvalue weighted by atomic mass is 32.2. The lowest BCUT2D eigenvalue weighted by Gasteiger charge is -2.37. The van der Waals surface area contributed by atoms with Crippen LogP contribution < -0.4 is 0 Å². The maximum atomic E-state index is 11.7. The minimum Gasteiger partial charge on any atom is -0.481 e. The highest BCUT2D eigenvalue weighted by molar-refractivity contribution is 7.88. The van der Waals surface area contributed by atoms with E-state index in [1.165, 1.54) is 0 Å². The number of hydrogen-bond donors (Lipinski definition) is 3. The Balaban J connectivity index is 3.46. The van der Waals surface area contributed by atoms with Crippen LogP contribution in [0.3, 0.4) is 0 Å².